The van der Waals surface area contributed by atoms with Crippen LogP contribution in [0, 0.1) is 6.42 Å². The van der Waals surface area contributed by atoms with Crippen LogP contribution in [0.1, 0.15) is 6.42 Å². The molecule has 2 heteroatoms. The highest BCUT2D eigenvalue weighted by Gasteiger charge is 2.29. The standard InChI is InChI=1S/C6H10NO/c1-2-6-4-8-5-7(6)3-1/h1,6H,2-5H2. The molecule has 2 heterocycles. The third-order valence-electron chi connectivity index (χ3n) is 1.89. The second-order valence-electron chi connectivity index (χ2n) is 2.45. The molecule has 1 radical (unpaired) electrons. The smallest absolute Gasteiger partial charge is 0.0994 e. The Kier molecular flexibility index (Phi) is 1.02. The predicted molar refractivity (Wildman–Crippen MR) is 30.2 cm³/mol. The van der Waals surface area contributed by atoms with Gasteiger partial charge in [0, 0.05) is 12.6 Å². The lowest BCUT2D eigenvalue weighted by Crippen LogP contribution is -2.23. The number of ether oxygens (including phenoxy) is 1. The quantitative estimate of drug-likeness (QED) is 0.445. The maximum Gasteiger partial charge on any atom is 0.0994 e. The minimum atomic E-state index is 0.731. The van der Waals surface area contributed by atoms with Crippen molar-refractivity contribution >= 4 is 0 Å². The second-order valence-corrected chi connectivity index (χ2v) is 2.45. The summed E-state index contributed by atoms with van der Waals surface area (Å²) in [5.74, 6) is 0. The molecule has 2 aliphatic heterocycles. The van der Waals surface area contributed by atoms with Gasteiger partial charge in [-0.2, -0.15) is 0 Å². The third kappa shape index (κ3) is 0.565. The molecule has 2 saturated heterocycles. The normalized spacial score (nSPS) is 38.2. The lowest BCUT2D eigenvalue weighted by atomic mass is 10.2. The Morgan fingerprint density at radius 2 is 2.62 bits per heavy atom. The molecule has 1 atom stereocenters. The molecule has 0 amide bonds. The summed E-state index contributed by atoms with van der Waals surface area (Å²) < 4.78 is 5.22. The fraction of sp³-hybridized carbons (Fsp3) is 0.833. The molecule has 1 unspecified atom stereocenters. The molecular weight excluding hydrogens is 102 g/mol. The largest absolute Gasteiger partial charge is 0.364 e. The molecule has 0 spiro atoms. The summed E-state index contributed by atoms with van der Waals surface area (Å²) in [6, 6.07) is 0.731. The van der Waals surface area contributed by atoms with Crippen molar-refractivity contribution in [3.63, 3.8) is 0 Å². The van der Waals surface area contributed by atoms with E-state index in [-0.39, 0.29) is 0 Å². The number of hydrogen-bond donors (Lipinski definition) is 0. The van der Waals surface area contributed by atoms with Crippen LogP contribution >= 0.6 is 0 Å². The fourth-order valence-corrected chi connectivity index (χ4v) is 1.37. The van der Waals surface area contributed by atoms with Gasteiger partial charge in [0.2, 0.25) is 0 Å². The van der Waals surface area contributed by atoms with Crippen LogP contribution in [0.4, 0.5) is 0 Å². The van der Waals surface area contributed by atoms with Crippen LogP contribution in [0.3, 0.4) is 0 Å². The molecule has 2 fully saturated rings. The predicted octanol–water partition coefficient (Wildman–Crippen LogP) is 0.253. The fourth-order valence-electron chi connectivity index (χ4n) is 1.37. The van der Waals surface area contributed by atoms with E-state index < -0.39 is 0 Å². The zero-order chi connectivity index (χ0) is 5.40. The van der Waals surface area contributed by atoms with E-state index in [1.807, 2.05) is 0 Å². The zero-order valence-electron chi connectivity index (χ0n) is 4.84. The summed E-state index contributed by atoms with van der Waals surface area (Å²) in [4.78, 5) is 2.36. The molecule has 0 aliphatic carbocycles. The molecule has 0 aromatic heterocycles. The lowest BCUT2D eigenvalue weighted by molar-refractivity contribution is 0.146. The highest BCUT2D eigenvalue weighted by atomic mass is 16.5. The Morgan fingerprint density at radius 1 is 1.62 bits per heavy atom. The van der Waals surface area contributed by atoms with Gasteiger partial charge in [0.15, 0.2) is 0 Å². The van der Waals surface area contributed by atoms with Gasteiger partial charge in [0.1, 0.15) is 0 Å². The van der Waals surface area contributed by atoms with Gasteiger partial charge < -0.3 is 4.74 Å². The first-order chi connectivity index (χ1) is 3.97. The topological polar surface area (TPSA) is 12.5 Å². The van der Waals surface area contributed by atoms with Gasteiger partial charge in [-0.3, -0.25) is 4.90 Å². The van der Waals surface area contributed by atoms with Gasteiger partial charge >= 0.3 is 0 Å². The maximum atomic E-state index is 5.22. The van der Waals surface area contributed by atoms with Crippen LogP contribution in [-0.2, 0) is 4.74 Å². The monoisotopic (exact) mass is 112 g/mol. The van der Waals surface area contributed by atoms with Gasteiger partial charge in [0.25, 0.3) is 0 Å². The van der Waals surface area contributed by atoms with Gasteiger partial charge in [0.05, 0.1) is 13.3 Å². The van der Waals surface area contributed by atoms with Gasteiger partial charge in [-0.25, -0.2) is 0 Å². The summed E-state index contributed by atoms with van der Waals surface area (Å²) in [6.45, 7) is 2.96. The number of hydrogen-bond acceptors (Lipinski definition) is 2. The first-order valence-corrected chi connectivity index (χ1v) is 3.10. The van der Waals surface area contributed by atoms with E-state index in [9.17, 15) is 0 Å². The molecule has 2 rings (SSSR count). The van der Waals surface area contributed by atoms with E-state index in [4.69, 9.17) is 4.74 Å². The number of rotatable bonds is 0. The Morgan fingerprint density at radius 3 is 3.50 bits per heavy atom. The summed E-state index contributed by atoms with van der Waals surface area (Å²) in [5, 5.41) is 0. The van der Waals surface area contributed by atoms with Crippen molar-refractivity contribution < 1.29 is 4.74 Å². The Labute approximate surface area is 49.4 Å². The highest BCUT2D eigenvalue weighted by Crippen LogP contribution is 2.20. The van der Waals surface area contributed by atoms with Gasteiger partial charge in [-0.05, 0) is 12.8 Å². The summed E-state index contributed by atoms with van der Waals surface area (Å²) >= 11 is 0. The van der Waals surface area contributed by atoms with E-state index in [0.717, 1.165) is 25.9 Å². The van der Waals surface area contributed by atoms with Crippen LogP contribution in [0.25, 0.3) is 0 Å². The summed E-state index contributed by atoms with van der Waals surface area (Å²) in [7, 11) is 0. The molecule has 2 aliphatic rings. The second kappa shape index (κ2) is 1.71. The minimum absolute atomic E-state index is 0.731. The lowest BCUT2D eigenvalue weighted by Gasteiger charge is -2.08. The van der Waals surface area contributed by atoms with E-state index in [1.54, 1.807) is 0 Å². The van der Waals surface area contributed by atoms with Crippen molar-refractivity contribution in [2.75, 3.05) is 19.9 Å². The SMILES string of the molecule is [CH]1CC2COCN2C1. The van der Waals surface area contributed by atoms with Crippen molar-refractivity contribution in [2.45, 2.75) is 12.5 Å². The number of fused-ring (bicyclic) bond motifs is 1. The molecule has 0 bridgehead atoms. The molecule has 0 N–H and O–H groups in total. The maximum absolute atomic E-state index is 5.22. The molecule has 0 aromatic rings. The molecule has 8 heavy (non-hydrogen) atoms. The Balaban J connectivity index is 2.04. The average molecular weight is 112 g/mol. The molecule has 0 aromatic carbocycles. The molecule has 45 valence electrons. The Bertz CT molecular complexity index is 74.5. The number of nitrogens with zero attached hydrogens (tertiary/aromatic N) is 1. The van der Waals surface area contributed by atoms with E-state index in [1.165, 1.54) is 6.42 Å². The van der Waals surface area contributed by atoms with Gasteiger partial charge in [-0.1, -0.05) is 0 Å². The molecule has 0 saturated carbocycles. The van der Waals surface area contributed by atoms with E-state index >= 15 is 0 Å². The van der Waals surface area contributed by atoms with Crippen molar-refractivity contribution in [1.82, 2.24) is 4.90 Å². The van der Waals surface area contributed by atoms with Crippen molar-refractivity contribution in [2.24, 2.45) is 0 Å². The first-order valence-electron chi connectivity index (χ1n) is 3.10. The van der Waals surface area contributed by atoms with Crippen molar-refractivity contribution in [3.05, 3.63) is 6.42 Å². The summed E-state index contributed by atoms with van der Waals surface area (Å²) in [5.41, 5.74) is 0. The van der Waals surface area contributed by atoms with E-state index in [2.05, 4.69) is 11.3 Å². The minimum Gasteiger partial charge on any atom is -0.364 e. The molecular formula is C6H10NO. The Hall–Kier alpha value is -0.0800. The summed E-state index contributed by atoms with van der Waals surface area (Å²) in [6.07, 6.45) is 3.56. The molecule has 2 nitrogen and oxygen atoms in total. The van der Waals surface area contributed by atoms with E-state index in [0.29, 0.717) is 0 Å². The highest BCUT2D eigenvalue weighted by molar-refractivity contribution is 4.91. The van der Waals surface area contributed by atoms with Crippen LogP contribution in [-0.4, -0.2) is 30.8 Å². The zero-order valence-corrected chi connectivity index (χ0v) is 4.84. The van der Waals surface area contributed by atoms with Crippen molar-refractivity contribution in [3.8, 4) is 0 Å². The van der Waals surface area contributed by atoms with Crippen LogP contribution in [0.5, 0.6) is 0 Å². The van der Waals surface area contributed by atoms with Gasteiger partial charge in [-0.15, -0.1) is 0 Å². The average Bonchev–Trinajstić information content (AvgIpc) is 2.15. The van der Waals surface area contributed by atoms with Crippen LogP contribution in [0.15, 0.2) is 0 Å². The van der Waals surface area contributed by atoms with Crippen LogP contribution < -0.4 is 0 Å². The first kappa shape index (κ1) is 4.77. The third-order valence-corrected chi connectivity index (χ3v) is 1.89. The van der Waals surface area contributed by atoms with Crippen LogP contribution in [0.2, 0.25) is 0 Å². The van der Waals surface area contributed by atoms with Crippen molar-refractivity contribution in [1.29, 1.82) is 0 Å².